The Labute approximate surface area is 139 Å². The van der Waals surface area contributed by atoms with Crippen molar-refractivity contribution >= 4 is 17.6 Å². The molecule has 0 aliphatic carbocycles. The number of hydrogen-bond donors (Lipinski definition) is 2. The van der Waals surface area contributed by atoms with Gasteiger partial charge in [-0.1, -0.05) is 0 Å². The number of ether oxygens (including phenoxy) is 1. The number of aromatic nitrogens is 2. The summed E-state index contributed by atoms with van der Waals surface area (Å²) in [5.41, 5.74) is -1.43. The zero-order valence-electron chi connectivity index (χ0n) is 12.9. The lowest BCUT2D eigenvalue weighted by atomic mass is 10.3. The van der Waals surface area contributed by atoms with Crippen LogP contribution in [0.15, 0.2) is 40.1 Å². The van der Waals surface area contributed by atoms with E-state index in [1.807, 2.05) is 4.98 Å². The summed E-state index contributed by atoms with van der Waals surface area (Å²) in [5, 5.41) is 2.26. The summed E-state index contributed by atoms with van der Waals surface area (Å²) in [6, 6.07) is 3.81. The Bertz CT molecular complexity index is 922. The zero-order valence-corrected chi connectivity index (χ0v) is 12.9. The van der Waals surface area contributed by atoms with E-state index in [-0.39, 0.29) is 5.69 Å². The minimum absolute atomic E-state index is 0.0105. The number of nitrogens with zero attached hydrogens (tertiary/aromatic N) is 1. The summed E-state index contributed by atoms with van der Waals surface area (Å²) in [7, 11) is 0. The minimum atomic E-state index is -1.25. The molecule has 0 aliphatic rings. The number of benzene rings is 1. The van der Waals surface area contributed by atoms with Gasteiger partial charge in [-0.2, -0.15) is 0 Å². The summed E-state index contributed by atoms with van der Waals surface area (Å²) in [4.78, 5) is 48.0. The van der Waals surface area contributed by atoms with Crippen LogP contribution in [-0.4, -0.2) is 27.5 Å². The van der Waals surface area contributed by atoms with Crippen LogP contribution in [0.4, 0.5) is 14.5 Å². The van der Waals surface area contributed by atoms with E-state index < -0.39 is 47.4 Å². The molecule has 10 heteroatoms. The highest BCUT2D eigenvalue weighted by atomic mass is 19.2. The fourth-order valence-electron chi connectivity index (χ4n) is 1.81. The Morgan fingerprint density at radius 1 is 1.24 bits per heavy atom. The Balaban J connectivity index is 1.95. The first-order chi connectivity index (χ1) is 11.8. The fraction of sp³-hybridized carbons (Fsp3) is 0.200. The number of amides is 1. The fourth-order valence-corrected chi connectivity index (χ4v) is 1.81. The second kappa shape index (κ2) is 7.51. The minimum Gasteiger partial charge on any atom is -0.451 e. The van der Waals surface area contributed by atoms with Gasteiger partial charge in [-0.3, -0.25) is 23.9 Å². The van der Waals surface area contributed by atoms with Crippen LogP contribution in [0.5, 0.6) is 0 Å². The summed E-state index contributed by atoms with van der Waals surface area (Å²) in [5.74, 6) is -3.88. The monoisotopic (exact) mass is 353 g/mol. The second-order valence-corrected chi connectivity index (χ2v) is 4.99. The lowest BCUT2D eigenvalue weighted by Gasteiger charge is -2.14. The Morgan fingerprint density at radius 2 is 1.96 bits per heavy atom. The van der Waals surface area contributed by atoms with Gasteiger partial charge in [0.15, 0.2) is 17.7 Å². The lowest BCUT2D eigenvalue weighted by Crippen LogP contribution is -2.34. The molecule has 0 unspecified atom stereocenters. The first-order valence-electron chi connectivity index (χ1n) is 7.01. The SMILES string of the molecule is C[C@H](OC(=O)Cn1ccc(=O)[nH]c1=O)C(=O)Nc1ccc(F)c(F)c1. The smallest absolute Gasteiger partial charge is 0.328 e. The van der Waals surface area contributed by atoms with Crippen LogP contribution in [0.2, 0.25) is 0 Å². The van der Waals surface area contributed by atoms with E-state index in [0.717, 1.165) is 35.0 Å². The summed E-state index contributed by atoms with van der Waals surface area (Å²) >= 11 is 0. The van der Waals surface area contributed by atoms with Crippen LogP contribution in [-0.2, 0) is 20.9 Å². The van der Waals surface area contributed by atoms with E-state index in [4.69, 9.17) is 4.74 Å². The number of halogens is 2. The van der Waals surface area contributed by atoms with Gasteiger partial charge in [0.25, 0.3) is 11.5 Å². The molecule has 2 N–H and O–H groups in total. The molecule has 2 aromatic rings. The van der Waals surface area contributed by atoms with E-state index in [9.17, 15) is 28.0 Å². The molecule has 1 heterocycles. The molecule has 0 radical (unpaired) electrons. The summed E-state index contributed by atoms with van der Waals surface area (Å²) in [6.45, 7) is 0.751. The average Bonchev–Trinajstić information content (AvgIpc) is 2.53. The maximum atomic E-state index is 13.1. The maximum absolute atomic E-state index is 13.1. The van der Waals surface area contributed by atoms with Crippen molar-refractivity contribution in [2.75, 3.05) is 5.32 Å². The Kier molecular flexibility index (Phi) is 5.42. The van der Waals surface area contributed by atoms with Gasteiger partial charge in [-0.15, -0.1) is 0 Å². The normalized spacial score (nSPS) is 11.6. The number of nitrogens with one attached hydrogen (secondary N) is 2. The average molecular weight is 353 g/mol. The van der Waals surface area contributed by atoms with Crippen LogP contribution in [0.25, 0.3) is 0 Å². The molecule has 1 aromatic carbocycles. The highest BCUT2D eigenvalue weighted by molar-refractivity contribution is 5.95. The van der Waals surface area contributed by atoms with Gasteiger partial charge in [-0.05, 0) is 19.1 Å². The van der Waals surface area contributed by atoms with Crippen molar-refractivity contribution in [3.63, 3.8) is 0 Å². The Hall–Kier alpha value is -3.30. The van der Waals surface area contributed by atoms with Crippen molar-refractivity contribution in [1.82, 2.24) is 9.55 Å². The van der Waals surface area contributed by atoms with Crippen molar-refractivity contribution in [2.24, 2.45) is 0 Å². The van der Waals surface area contributed by atoms with Crippen LogP contribution in [0.1, 0.15) is 6.92 Å². The van der Waals surface area contributed by atoms with Gasteiger partial charge >= 0.3 is 11.7 Å². The van der Waals surface area contributed by atoms with E-state index in [2.05, 4.69) is 5.32 Å². The van der Waals surface area contributed by atoms with Gasteiger partial charge in [0.1, 0.15) is 6.54 Å². The van der Waals surface area contributed by atoms with E-state index in [1.54, 1.807) is 0 Å². The van der Waals surface area contributed by atoms with Crippen LogP contribution in [0.3, 0.4) is 0 Å². The van der Waals surface area contributed by atoms with E-state index >= 15 is 0 Å². The Morgan fingerprint density at radius 3 is 2.60 bits per heavy atom. The molecule has 8 nitrogen and oxygen atoms in total. The van der Waals surface area contributed by atoms with Gasteiger partial charge in [0, 0.05) is 24.0 Å². The molecule has 0 saturated carbocycles. The molecule has 25 heavy (non-hydrogen) atoms. The first kappa shape index (κ1) is 18.0. The maximum Gasteiger partial charge on any atom is 0.328 e. The number of carbonyl (C=O) groups is 2. The van der Waals surface area contributed by atoms with Crippen molar-refractivity contribution in [3.8, 4) is 0 Å². The predicted octanol–water partition coefficient (Wildman–Crippen LogP) is 0.385. The zero-order chi connectivity index (χ0) is 18.6. The van der Waals surface area contributed by atoms with Gasteiger partial charge in [0.2, 0.25) is 0 Å². The molecule has 0 spiro atoms. The molecule has 0 bridgehead atoms. The quantitative estimate of drug-likeness (QED) is 0.756. The topological polar surface area (TPSA) is 110 Å². The molecule has 0 fully saturated rings. The molecular weight excluding hydrogens is 340 g/mol. The molecule has 2 rings (SSSR count). The molecule has 1 amide bonds. The van der Waals surface area contributed by atoms with Crippen LogP contribution < -0.4 is 16.6 Å². The van der Waals surface area contributed by atoms with Crippen molar-refractivity contribution < 1.29 is 23.1 Å². The van der Waals surface area contributed by atoms with Crippen LogP contribution in [0, 0.1) is 11.6 Å². The number of H-pyrrole nitrogens is 1. The number of anilines is 1. The van der Waals surface area contributed by atoms with Gasteiger partial charge < -0.3 is 10.1 Å². The molecule has 0 aliphatic heterocycles. The highest BCUT2D eigenvalue weighted by Crippen LogP contribution is 2.13. The number of carbonyl (C=O) groups excluding carboxylic acids is 2. The highest BCUT2D eigenvalue weighted by Gasteiger charge is 2.19. The summed E-state index contributed by atoms with van der Waals surface area (Å²) in [6.07, 6.45) is -0.145. The third-order valence-corrected chi connectivity index (χ3v) is 3.06. The number of hydrogen-bond acceptors (Lipinski definition) is 5. The largest absolute Gasteiger partial charge is 0.451 e. The molecule has 1 atom stereocenters. The third kappa shape index (κ3) is 4.83. The predicted molar refractivity (Wildman–Crippen MR) is 81.9 cm³/mol. The second-order valence-electron chi connectivity index (χ2n) is 4.99. The van der Waals surface area contributed by atoms with Crippen molar-refractivity contribution in [1.29, 1.82) is 0 Å². The lowest BCUT2D eigenvalue weighted by molar-refractivity contribution is -0.153. The van der Waals surface area contributed by atoms with Crippen molar-refractivity contribution in [3.05, 3.63) is 62.9 Å². The third-order valence-electron chi connectivity index (χ3n) is 3.06. The van der Waals surface area contributed by atoms with E-state index in [1.165, 1.54) is 6.92 Å². The van der Waals surface area contributed by atoms with Gasteiger partial charge in [-0.25, -0.2) is 13.6 Å². The number of rotatable bonds is 5. The van der Waals surface area contributed by atoms with Gasteiger partial charge in [0.05, 0.1) is 0 Å². The van der Waals surface area contributed by atoms with Crippen molar-refractivity contribution in [2.45, 2.75) is 19.6 Å². The van der Waals surface area contributed by atoms with Crippen LogP contribution >= 0.6 is 0 Å². The molecule has 132 valence electrons. The first-order valence-corrected chi connectivity index (χ1v) is 7.01. The standard InChI is InChI=1S/C15H13F2N3O5/c1-8(14(23)18-9-2-3-10(16)11(17)6-9)25-13(22)7-20-5-4-12(21)19-15(20)24/h2-6,8H,7H2,1H3,(H,18,23)(H,19,21,24)/t8-/m0/s1. The van der Waals surface area contributed by atoms with E-state index in [0.29, 0.717) is 0 Å². The number of esters is 1. The molecule has 1 aromatic heterocycles. The molecular formula is C15H13F2N3O5. The summed E-state index contributed by atoms with van der Waals surface area (Å²) < 4.78 is 31.7. The molecule has 0 saturated heterocycles. The number of aromatic amines is 1.